The first-order valence-corrected chi connectivity index (χ1v) is 10.4. The Morgan fingerprint density at radius 2 is 1.93 bits per heavy atom. The van der Waals surface area contributed by atoms with Crippen LogP contribution in [-0.2, 0) is 6.54 Å². The van der Waals surface area contributed by atoms with Crippen LogP contribution >= 0.6 is 0 Å². The van der Waals surface area contributed by atoms with Gasteiger partial charge in [-0.2, -0.15) is 0 Å². The summed E-state index contributed by atoms with van der Waals surface area (Å²) in [4.78, 5) is 30.7. The van der Waals surface area contributed by atoms with E-state index in [1.54, 1.807) is 16.8 Å². The summed E-state index contributed by atoms with van der Waals surface area (Å²) in [6.07, 6.45) is 6.09. The lowest BCUT2D eigenvalue weighted by molar-refractivity contribution is 0.0908. The van der Waals surface area contributed by atoms with Crippen LogP contribution in [0.5, 0.6) is 0 Å². The Morgan fingerprint density at radius 3 is 2.69 bits per heavy atom. The number of nitrogens with zero attached hydrogens (tertiary/aromatic N) is 2. The summed E-state index contributed by atoms with van der Waals surface area (Å²) in [5, 5.41) is 3.91. The lowest BCUT2D eigenvalue weighted by Crippen LogP contribution is -2.43. The van der Waals surface area contributed by atoms with Crippen LogP contribution in [0, 0.1) is 12.8 Å². The average Bonchev–Trinajstić information content (AvgIpc) is 2.73. The van der Waals surface area contributed by atoms with Gasteiger partial charge in [-0.15, -0.1) is 0 Å². The molecule has 1 aliphatic carbocycles. The van der Waals surface area contributed by atoms with Gasteiger partial charge in [0.25, 0.3) is 11.5 Å². The average molecular weight is 389 g/mol. The third-order valence-corrected chi connectivity index (χ3v) is 5.98. The maximum absolute atomic E-state index is 13.3. The highest BCUT2D eigenvalue weighted by atomic mass is 16.2. The molecule has 0 spiro atoms. The van der Waals surface area contributed by atoms with Gasteiger partial charge in [-0.3, -0.25) is 14.2 Å². The molecule has 1 aromatic carbocycles. The van der Waals surface area contributed by atoms with Crippen molar-refractivity contribution in [3.05, 3.63) is 75.7 Å². The van der Waals surface area contributed by atoms with E-state index in [4.69, 9.17) is 0 Å². The third kappa shape index (κ3) is 4.09. The Hall–Kier alpha value is -2.95. The second-order valence-corrected chi connectivity index (χ2v) is 8.19. The fourth-order valence-corrected chi connectivity index (χ4v) is 4.17. The first kappa shape index (κ1) is 19.4. The number of aryl methyl sites for hydroxylation is 1. The van der Waals surface area contributed by atoms with Crippen LogP contribution in [0.25, 0.3) is 11.0 Å². The summed E-state index contributed by atoms with van der Waals surface area (Å²) in [6.45, 7) is 4.59. The smallest absolute Gasteiger partial charge is 0.265 e. The Morgan fingerprint density at radius 1 is 1.17 bits per heavy atom. The van der Waals surface area contributed by atoms with E-state index >= 15 is 0 Å². The van der Waals surface area contributed by atoms with E-state index < -0.39 is 0 Å². The van der Waals surface area contributed by atoms with Crippen molar-refractivity contribution in [2.45, 2.75) is 52.1 Å². The fraction of sp³-hybridized carbons (Fsp3) is 0.375. The molecule has 4 rings (SSSR count). The summed E-state index contributed by atoms with van der Waals surface area (Å²) in [5.74, 6) is 0.154. The van der Waals surface area contributed by atoms with Gasteiger partial charge in [-0.05, 0) is 49.4 Å². The quantitative estimate of drug-likeness (QED) is 0.732. The number of aromatic nitrogens is 2. The maximum atomic E-state index is 13.3. The Labute approximate surface area is 170 Å². The summed E-state index contributed by atoms with van der Waals surface area (Å²) in [7, 11) is 0. The molecule has 1 N–H and O–H groups in total. The summed E-state index contributed by atoms with van der Waals surface area (Å²) < 4.78 is 1.61. The monoisotopic (exact) mass is 389 g/mol. The van der Waals surface area contributed by atoms with Gasteiger partial charge in [0.15, 0.2) is 0 Å². The number of hydrogen-bond acceptors (Lipinski definition) is 3. The number of nitrogens with one attached hydrogen (secondary N) is 1. The molecule has 2 aromatic heterocycles. The molecule has 0 unspecified atom stereocenters. The van der Waals surface area contributed by atoms with Crippen LogP contribution in [-0.4, -0.2) is 21.5 Å². The molecule has 5 nitrogen and oxygen atoms in total. The number of hydrogen-bond donors (Lipinski definition) is 1. The number of pyridine rings is 2. The lowest BCUT2D eigenvalue weighted by atomic mass is 9.86. The van der Waals surface area contributed by atoms with Crippen LogP contribution in [0.4, 0.5) is 0 Å². The minimum atomic E-state index is -0.294. The summed E-state index contributed by atoms with van der Waals surface area (Å²) >= 11 is 0. The number of carbonyl (C=O) groups is 1. The zero-order valence-corrected chi connectivity index (χ0v) is 17.0. The molecule has 3 aromatic rings. The van der Waals surface area contributed by atoms with Crippen LogP contribution < -0.4 is 10.9 Å². The zero-order chi connectivity index (χ0) is 20.4. The van der Waals surface area contributed by atoms with Crippen molar-refractivity contribution in [2.24, 2.45) is 5.92 Å². The molecule has 5 heteroatoms. The zero-order valence-electron chi connectivity index (χ0n) is 17.0. The van der Waals surface area contributed by atoms with E-state index in [1.165, 1.54) is 12.0 Å². The summed E-state index contributed by atoms with van der Waals surface area (Å²) in [5.41, 5.74) is 2.66. The minimum absolute atomic E-state index is 0.130. The number of rotatable bonds is 4. The first-order valence-electron chi connectivity index (χ1n) is 10.4. The number of fused-ring (bicyclic) bond motifs is 1. The molecular weight excluding hydrogens is 362 g/mol. The van der Waals surface area contributed by atoms with Gasteiger partial charge in [0.05, 0.1) is 6.54 Å². The minimum Gasteiger partial charge on any atom is -0.349 e. The highest BCUT2D eigenvalue weighted by Crippen LogP contribution is 2.24. The lowest BCUT2D eigenvalue weighted by Gasteiger charge is -2.29. The van der Waals surface area contributed by atoms with Crippen molar-refractivity contribution in [3.63, 3.8) is 0 Å². The Balaban J connectivity index is 1.72. The van der Waals surface area contributed by atoms with E-state index in [-0.39, 0.29) is 23.1 Å². The Kier molecular flexibility index (Phi) is 5.47. The topological polar surface area (TPSA) is 64.0 Å². The Bertz CT molecular complexity index is 1090. The molecule has 2 heterocycles. The standard InChI is InChI=1S/C24H27N3O2/c1-16-9-11-18(12-10-16)15-27-22-19(7-5-13-25-22)14-20(24(27)29)23(28)26-21-8-4-3-6-17(21)2/h5,7,9-14,17,21H,3-4,6,8,15H2,1-2H3,(H,26,28)/t17-,21-/m0/s1. The van der Waals surface area contributed by atoms with Crippen molar-refractivity contribution in [1.29, 1.82) is 0 Å². The van der Waals surface area contributed by atoms with Gasteiger partial charge < -0.3 is 5.32 Å². The normalized spacial score (nSPS) is 19.2. The molecular formula is C24H27N3O2. The SMILES string of the molecule is Cc1ccc(Cn2c(=O)c(C(=O)N[C@H]3CCCC[C@@H]3C)cc3cccnc32)cc1. The summed E-state index contributed by atoms with van der Waals surface area (Å²) in [6, 6.07) is 13.6. The van der Waals surface area contributed by atoms with Crippen molar-refractivity contribution in [1.82, 2.24) is 14.9 Å². The molecule has 2 atom stereocenters. The molecule has 1 fully saturated rings. The molecule has 1 amide bonds. The van der Waals surface area contributed by atoms with E-state index in [0.29, 0.717) is 18.1 Å². The first-order chi connectivity index (χ1) is 14.0. The molecule has 0 saturated heterocycles. The molecule has 29 heavy (non-hydrogen) atoms. The van der Waals surface area contributed by atoms with Gasteiger partial charge in [0.1, 0.15) is 11.2 Å². The largest absolute Gasteiger partial charge is 0.349 e. The fourth-order valence-electron chi connectivity index (χ4n) is 4.17. The van der Waals surface area contributed by atoms with Crippen LogP contribution in [0.2, 0.25) is 0 Å². The second kappa shape index (κ2) is 8.19. The predicted molar refractivity (Wildman–Crippen MR) is 115 cm³/mol. The molecule has 1 aliphatic rings. The van der Waals surface area contributed by atoms with Gasteiger partial charge in [0.2, 0.25) is 0 Å². The van der Waals surface area contributed by atoms with Crippen LogP contribution in [0.1, 0.15) is 54.1 Å². The van der Waals surface area contributed by atoms with E-state index in [0.717, 1.165) is 30.2 Å². The molecule has 0 radical (unpaired) electrons. The highest BCUT2D eigenvalue weighted by molar-refractivity contribution is 5.97. The van der Waals surface area contributed by atoms with Gasteiger partial charge in [-0.25, -0.2) is 4.98 Å². The highest BCUT2D eigenvalue weighted by Gasteiger charge is 2.25. The van der Waals surface area contributed by atoms with Gasteiger partial charge in [0, 0.05) is 17.6 Å². The van der Waals surface area contributed by atoms with E-state index in [2.05, 4.69) is 17.2 Å². The van der Waals surface area contributed by atoms with Crippen molar-refractivity contribution in [3.8, 4) is 0 Å². The second-order valence-electron chi connectivity index (χ2n) is 8.19. The maximum Gasteiger partial charge on any atom is 0.265 e. The predicted octanol–water partition coefficient (Wildman–Crippen LogP) is 4.06. The van der Waals surface area contributed by atoms with Crippen LogP contribution in [0.15, 0.2) is 53.5 Å². The third-order valence-electron chi connectivity index (χ3n) is 5.98. The van der Waals surface area contributed by atoms with Gasteiger partial charge >= 0.3 is 0 Å². The van der Waals surface area contributed by atoms with E-state index in [1.807, 2.05) is 43.3 Å². The number of carbonyl (C=O) groups excluding carboxylic acids is 1. The van der Waals surface area contributed by atoms with Crippen molar-refractivity contribution >= 4 is 16.9 Å². The molecule has 0 aliphatic heterocycles. The van der Waals surface area contributed by atoms with Crippen molar-refractivity contribution in [2.75, 3.05) is 0 Å². The molecule has 150 valence electrons. The number of benzene rings is 1. The van der Waals surface area contributed by atoms with Crippen LogP contribution in [0.3, 0.4) is 0 Å². The molecule has 0 bridgehead atoms. The molecule has 1 saturated carbocycles. The van der Waals surface area contributed by atoms with Crippen molar-refractivity contribution < 1.29 is 4.79 Å². The van der Waals surface area contributed by atoms with E-state index in [9.17, 15) is 9.59 Å². The van der Waals surface area contributed by atoms with Gasteiger partial charge in [-0.1, -0.05) is 49.6 Å². The number of amides is 1.